The van der Waals surface area contributed by atoms with E-state index in [-0.39, 0.29) is 29.2 Å². The van der Waals surface area contributed by atoms with Gasteiger partial charge in [-0.05, 0) is 79.2 Å². The Hall–Kier alpha value is -3.46. The van der Waals surface area contributed by atoms with Crippen molar-refractivity contribution in [1.82, 2.24) is 4.90 Å². The normalized spacial score (nSPS) is 14.2. The lowest BCUT2D eigenvalue weighted by Crippen LogP contribution is -2.27. The molecule has 0 unspecified atom stereocenters. The number of amides is 3. The van der Waals surface area contributed by atoms with Crippen molar-refractivity contribution in [2.75, 3.05) is 18.5 Å². The van der Waals surface area contributed by atoms with E-state index in [9.17, 15) is 14.4 Å². The first-order valence-corrected chi connectivity index (χ1v) is 13.3. The van der Waals surface area contributed by atoms with Gasteiger partial charge in [0.25, 0.3) is 17.1 Å². The van der Waals surface area contributed by atoms with Crippen LogP contribution >= 0.6 is 35.0 Å². The summed E-state index contributed by atoms with van der Waals surface area (Å²) in [5.41, 5.74) is 3.11. The Labute approximate surface area is 234 Å². The number of rotatable bonds is 9. The summed E-state index contributed by atoms with van der Waals surface area (Å²) in [5.74, 6) is 0.0864. The summed E-state index contributed by atoms with van der Waals surface area (Å²) in [6.07, 6.45) is 1.62. The average Bonchev–Trinajstić information content (AvgIpc) is 3.14. The number of thioether (sulfide) groups is 1. The molecule has 1 saturated heterocycles. The molecule has 196 valence electrons. The Morgan fingerprint density at radius 3 is 2.45 bits per heavy atom. The van der Waals surface area contributed by atoms with Gasteiger partial charge >= 0.3 is 0 Å². The van der Waals surface area contributed by atoms with E-state index in [1.165, 1.54) is 0 Å². The van der Waals surface area contributed by atoms with Crippen LogP contribution in [0.2, 0.25) is 10.0 Å². The van der Waals surface area contributed by atoms with Crippen LogP contribution in [-0.2, 0) is 16.1 Å². The average molecular weight is 571 g/mol. The van der Waals surface area contributed by atoms with Gasteiger partial charge in [-0.3, -0.25) is 19.3 Å². The molecule has 10 heteroatoms. The number of anilines is 1. The smallest absolute Gasteiger partial charge is 0.293 e. The van der Waals surface area contributed by atoms with E-state index < -0.39 is 5.91 Å². The summed E-state index contributed by atoms with van der Waals surface area (Å²) < 4.78 is 11.4. The predicted octanol–water partition coefficient (Wildman–Crippen LogP) is 6.95. The van der Waals surface area contributed by atoms with Crippen molar-refractivity contribution in [3.05, 3.63) is 92.3 Å². The van der Waals surface area contributed by atoms with E-state index in [4.69, 9.17) is 32.7 Å². The fraction of sp³-hybridized carbons (Fsp3) is 0.179. The standard InChI is InChI=1S/C28H24Cl2N2O5S/c1-3-36-24-13-18(7-11-23(24)37-16-26(33)31-20-8-4-17(2)5-9-20)14-25-27(34)32(28(35)38-25)15-19-6-10-21(29)22(30)12-19/h4-14H,3,15-16H2,1-2H3,(H,31,33)/b25-14-. The molecule has 1 aliphatic rings. The van der Waals surface area contributed by atoms with E-state index in [0.717, 1.165) is 22.2 Å². The number of nitrogens with one attached hydrogen (secondary N) is 1. The van der Waals surface area contributed by atoms with Crippen molar-refractivity contribution in [3.8, 4) is 11.5 Å². The lowest BCUT2D eigenvalue weighted by atomic mass is 10.1. The molecule has 7 nitrogen and oxygen atoms in total. The van der Waals surface area contributed by atoms with E-state index in [1.807, 2.05) is 38.1 Å². The van der Waals surface area contributed by atoms with Gasteiger partial charge in [0.05, 0.1) is 28.1 Å². The maximum absolute atomic E-state index is 13.0. The molecule has 0 atom stereocenters. The summed E-state index contributed by atoms with van der Waals surface area (Å²) in [5, 5.41) is 3.15. The van der Waals surface area contributed by atoms with Crippen LogP contribution < -0.4 is 14.8 Å². The first-order valence-electron chi connectivity index (χ1n) is 11.7. The lowest BCUT2D eigenvalue weighted by Gasteiger charge is -2.13. The minimum atomic E-state index is -0.405. The molecular weight excluding hydrogens is 547 g/mol. The van der Waals surface area contributed by atoms with Gasteiger partial charge in [0.15, 0.2) is 18.1 Å². The summed E-state index contributed by atoms with van der Waals surface area (Å²) in [6.45, 7) is 4.04. The van der Waals surface area contributed by atoms with Crippen LogP contribution in [0, 0.1) is 6.92 Å². The first kappa shape index (κ1) is 27.6. The van der Waals surface area contributed by atoms with Crippen LogP contribution in [0.4, 0.5) is 10.5 Å². The highest BCUT2D eigenvalue weighted by molar-refractivity contribution is 8.18. The van der Waals surface area contributed by atoms with E-state index in [1.54, 1.807) is 42.5 Å². The van der Waals surface area contributed by atoms with Gasteiger partial charge in [-0.25, -0.2) is 0 Å². The molecule has 1 heterocycles. The Balaban J connectivity index is 1.44. The van der Waals surface area contributed by atoms with Crippen LogP contribution in [0.15, 0.2) is 65.6 Å². The molecule has 4 rings (SSSR count). The summed E-state index contributed by atoms with van der Waals surface area (Å²) in [6, 6.07) is 17.5. The van der Waals surface area contributed by atoms with Gasteiger partial charge < -0.3 is 14.8 Å². The number of hydrogen-bond donors (Lipinski definition) is 1. The Kier molecular flexibility index (Phi) is 8.99. The summed E-state index contributed by atoms with van der Waals surface area (Å²) in [4.78, 5) is 39.3. The molecule has 3 aromatic carbocycles. The number of ether oxygens (including phenoxy) is 2. The lowest BCUT2D eigenvalue weighted by molar-refractivity contribution is -0.123. The highest BCUT2D eigenvalue weighted by atomic mass is 35.5. The molecule has 1 aliphatic heterocycles. The molecule has 0 radical (unpaired) electrons. The second-order valence-electron chi connectivity index (χ2n) is 8.36. The Bertz CT molecular complexity index is 1410. The van der Waals surface area contributed by atoms with Gasteiger partial charge in [0.2, 0.25) is 0 Å². The van der Waals surface area contributed by atoms with E-state index in [2.05, 4.69) is 5.32 Å². The molecule has 1 N–H and O–H groups in total. The highest BCUT2D eigenvalue weighted by Crippen LogP contribution is 2.36. The van der Waals surface area contributed by atoms with Crippen molar-refractivity contribution < 1.29 is 23.9 Å². The quantitative estimate of drug-likeness (QED) is 0.280. The minimum absolute atomic E-state index is 0.0839. The fourth-order valence-corrected chi connectivity index (χ4v) is 4.75. The Morgan fingerprint density at radius 2 is 1.74 bits per heavy atom. The molecule has 0 spiro atoms. The van der Waals surface area contributed by atoms with Gasteiger partial charge in [0, 0.05) is 5.69 Å². The van der Waals surface area contributed by atoms with Crippen molar-refractivity contribution in [2.45, 2.75) is 20.4 Å². The number of halogens is 2. The van der Waals surface area contributed by atoms with Crippen molar-refractivity contribution in [3.63, 3.8) is 0 Å². The zero-order valence-corrected chi connectivity index (χ0v) is 23.0. The molecule has 1 fully saturated rings. The third-order valence-corrected chi connectivity index (χ3v) is 7.10. The highest BCUT2D eigenvalue weighted by Gasteiger charge is 2.35. The second kappa shape index (κ2) is 12.4. The summed E-state index contributed by atoms with van der Waals surface area (Å²) >= 11 is 12.9. The zero-order valence-electron chi connectivity index (χ0n) is 20.6. The number of carbonyl (C=O) groups is 3. The first-order chi connectivity index (χ1) is 18.2. The molecular formula is C28H24Cl2N2O5S. The van der Waals surface area contributed by atoms with Gasteiger partial charge in [-0.15, -0.1) is 0 Å². The predicted molar refractivity (Wildman–Crippen MR) is 151 cm³/mol. The molecule has 3 aromatic rings. The second-order valence-corrected chi connectivity index (χ2v) is 10.2. The molecule has 0 bridgehead atoms. The largest absolute Gasteiger partial charge is 0.490 e. The molecule has 3 amide bonds. The Morgan fingerprint density at radius 1 is 0.974 bits per heavy atom. The number of carbonyl (C=O) groups excluding carboxylic acids is 3. The van der Waals surface area contributed by atoms with Crippen molar-refractivity contribution >= 4 is 63.8 Å². The molecule has 0 saturated carbocycles. The van der Waals surface area contributed by atoms with Crippen LogP contribution in [0.5, 0.6) is 11.5 Å². The van der Waals surface area contributed by atoms with E-state index >= 15 is 0 Å². The van der Waals surface area contributed by atoms with E-state index in [0.29, 0.717) is 45.0 Å². The van der Waals surface area contributed by atoms with Crippen molar-refractivity contribution in [1.29, 1.82) is 0 Å². The minimum Gasteiger partial charge on any atom is -0.490 e. The monoisotopic (exact) mass is 570 g/mol. The van der Waals surface area contributed by atoms with Crippen LogP contribution in [-0.4, -0.2) is 35.2 Å². The van der Waals surface area contributed by atoms with Gasteiger partial charge in [-0.1, -0.05) is 53.0 Å². The number of imide groups is 1. The maximum Gasteiger partial charge on any atom is 0.293 e. The topological polar surface area (TPSA) is 84.9 Å². The fourth-order valence-electron chi connectivity index (χ4n) is 3.59. The number of hydrogen-bond acceptors (Lipinski definition) is 6. The summed E-state index contributed by atoms with van der Waals surface area (Å²) in [7, 11) is 0. The van der Waals surface area contributed by atoms with Crippen LogP contribution in [0.25, 0.3) is 6.08 Å². The zero-order chi connectivity index (χ0) is 27.2. The molecule has 0 aliphatic carbocycles. The number of benzene rings is 3. The SMILES string of the molecule is CCOc1cc(/C=C2\SC(=O)N(Cc3ccc(Cl)c(Cl)c3)C2=O)ccc1OCC(=O)Nc1ccc(C)cc1. The third kappa shape index (κ3) is 6.89. The maximum atomic E-state index is 13.0. The van der Waals surface area contributed by atoms with Gasteiger partial charge in [-0.2, -0.15) is 0 Å². The molecule has 0 aromatic heterocycles. The number of nitrogens with zero attached hydrogens (tertiary/aromatic N) is 1. The number of aryl methyl sites for hydroxylation is 1. The van der Waals surface area contributed by atoms with Crippen LogP contribution in [0.3, 0.4) is 0 Å². The van der Waals surface area contributed by atoms with Gasteiger partial charge in [0.1, 0.15) is 0 Å². The van der Waals surface area contributed by atoms with Crippen molar-refractivity contribution in [2.24, 2.45) is 0 Å². The molecule has 38 heavy (non-hydrogen) atoms. The van der Waals surface area contributed by atoms with Crippen LogP contribution in [0.1, 0.15) is 23.6 Å². The third-order valence-electron chi connectivity index (χ3n) is 5.46.